The quantitative estimate of drug-likeness (QED) is 0.851. The summed E-state index contributed by atoms with van der Waals surface area (Å²) in [4.78, 5) is 13.4. The maximum atomic E-state index is 12.9. The fraction of sp³-hybridized carbons (Fsp3) is 0.308. The van der Waals surface area contributed by atoms with Gasteiger partial charge in [-0.1, -0.05) is 6.92 Å². The molecule has 0 N–H and O–H groups in total. The molecule has 1 amide bonds. The zero-order valence-corrected chi connectivity index (χ0v) is 11.2. The van der Waals surface area contributed by atoms with E-state index in [-0.39, 0.29) is 18.1 Å². The monoisotopic (exact) mass is 283 g/mol. The predicted molar refractivity (Wildman–Crippen MR) is 70.9 cm³/mol. The minimum Gasteiger partial charge on any atom is -0.304 e. The Morgan fingerprint density at radius 2 is 2.00 bits per heavy atom. The second-order valence-corrected chi connectivity index (χ2v) is 6.25. The van der Waals surface area contributed by atoms with Crippen LogP contribution in [0.15, 0.2) is 35.7 Å². The third kappa shape index (κ3) is 3.01. The third-order valence-electron chi connectivity index (χ3n) is 2.92. The fourth-order valence-electron chi connectivity index (χ4n) is 2.01. The van der Waals surface area contributed by atoms with Crippen LogP contribution in [0, 0.1) is 5.82 Å². The van der Waals surface area contributed by atoms with E-state index in [2.05, 4.69) is 0 Å². The number of carbonyl (C=O) groups is 1. The van der Waals surface area contributed by atoms with Crippen LogP contribution in [0.4, 0.5) is 10.1 Å². The number of anilines is 1. The number of hydrogen-bond donors (Lipinski definition) is 0. The molecule has 6 heteroatoms. The molecule has 0 aromatic heterocycles. The first-order valence-corrected chi connectivity index (χ1v) is 7.63. The van der Waals surface area contributed by atoms with Crippen LogP contribution >= 0.6 is 0 Å². The summed E-state index contributed by atoms with van der Waals surface area (Å²) in [5, 5.41) is 1.12. The largest absolute Gasteiger partial charge is 0.304 e. The topological polar surface area (TPSA) is 54.5 Å². The Kier molecular flexibility index (Phi) is 3.71. The summed E-state index contributed by atoms with van der Waals surface area (Å²) in [7, 11) is -3.25. The van der Waals surface area contributed by atoms with Gasteiger partial charge in [-0.2, -0.15) is 0 Å². The van der Waals surface area contributed by atoms with Crippen molar-refractivity contribution >= 4 is 21.4 Å². The van der Waals surface area contributed by atoms with E-state index in [0.29, 0.717) is 5.69 Å². The van der Waals surface area contributed by atoms with Crippen molar-refractivity contribution in [2.24, 2.45) is 0 Å². The van der Waals surface area contributed by atoms with E-state index < -0.39 is 21.7 Å². The molecule has 102 valence electrons. The molecule has 0 spiro atoms. The Morgan fingerprint density at radius 3 is 2.47 bits per heavy atom. The number of halogens is 1. The maximum Gasteiger partial charge on any atom is 0.227 e. The third-order valence-corrected chi connectivity index (χ3v) is 4.30. The van der Waals surface area contributed by atoms with E-state index in [1.807, 2.05) is 0 Å². The molecular weight excluding hydrogens is 269 g/mol. The average Bonchev–Trinajstić information content (AvgIpc) is 2.72. The normalized spacial score (nSPS) is 20.4. The summed E-state index contributed by atoms with van der Waals surface area (Å²) in [6.45, 7) is 1.70. The Morgan fingerprint density at radius 1 is 1.37 bits per heavy atom. The number of amides is 1. The van der Waals surface area contributed by atoms with Crippen molar-refractivity contribution in [3.8, 4) is 0 Å². The van der Waals surface area contributed by atoms with Crippen LogP contribution in [0.5, 0.6) is 0 Å². The minimum atomic E-state index is -3.25. The smallest absolute Gasteiger partial charge is 0.227 e. The number of hydrogen-bond acceptors (Lipinski definition) is 3. The molecular formula is C13H14FNO3S. The molecule has 1 aliphatic rings. The number of carbonyl (C=O) groups excluding carboxylic acids is 1. The van der Waals surface area contributed by atoms with Crippen molar-refractivity contribution < 1.29 is 17.6 Å². The first kappa shape index (κ1) is 13.7. The van der Waals surface area contributed by atoms with Gasteiger partial charge in [0.2, 0.25) is 5.91 Å². The van der Waals surface area contributed by atoms with Crippen LogP contribution in [0.25, 0.3) is 0 Å². The van der Waals surface area contributed by atoms with Crippen LogP contribution in [0.3, 0.4) is 0 Å². The molecule has 4 nitrogen and oxygen atoms in total. The van der Waals surface area contributed by atoms with Gasteiger partial charge < -0.3 is 4.90 Å². The summed E-state index contributed by atoms with van der Waals surface area (Å²) in [5.74, 6) is -0.726. The summed E-state index contributed by atoms with van der Waals surface area (Å²) in [6, 6.07) is 4.92. The van der Waals surface area contributed by atoms with E-state index in [4.69, 9.17) is 0 Å². The van der Waals surface area contributed by atoms with E-state index in [1.165, 1.54) is 35.2 Å². The van der Waals surface area contributed by atoms with Crippen LogP contribution in [-0.2, 0) is 14.6 Å². The molecule has 2 rings (SSSR count). The molecule has 0 fully saturated rings. The molecule has 0 saturated carbocycles. The first-order valence-electron chi connectivity index (χ1n) is 5.91. The molecule has 1 atom stereocenters. The van der Waals surface area contributed by atoms with Gasteiger partial charge in [0.15, 0.2) is 9.84 Å². The van der Waals surface area contributed by atoms with Crippen LogP contribution < -0.4 is 4.90 Å². The number of rotatable bonds is 3. The average molecular weight is 283 g/mol. The lowest BCUT2D eigenvalue weighted by Crippen LogP contribution is -2.40. The van der Waals surface area contributed by atoms with Crippen LogP contribution in [-0.4, -0.2) is 26.1 Å². The van der Waals surface area contributed by atoms with Gasteiger partial charge in [0, 0.05) is 17.5 Å². The molecule has 1 aromatic rings. The Balaban J connectivity index is 2.35. The van der Waals surface area contributed by atoms with Crippen LogP contribution in [0.2, 0.25) is 0 Å². The summed E-state index contributed by atoms with van der Waals surface area (Å²) >= 11 is 0. The minimum absolute atomic E-state index is 0.129. The van der Waals surface area contributed by atoms with Crippen molar-refractivity contribution in [3.05, 3.63) is 41.6 Å². The van der Waals surface area contributed by atoms with Crippen molar-refractivity contribution in [3.63, 3.8) is 0 Å². The summed E-state index contributed by atoms with van der Waals surface area (Å²) in [5.41, 5.74) is 0.500. The van der Waals surface area contributed by atoms with Gasteiger partial charge in [0.25, 0.3) is 0 Å². The highest BCUT2D eigenvalue weighted by atomic mass is 32.2. The van der Waals surface area contributed by atoms with Crippen molar-refractivity contribution in [1.82, 2.24) is 0 Å². The molecule has 1 heterocycles. The molecule has 1 aromatic carbocycles. The van der Waals surface area contributed by atoms with Gasteiger partial charge in [0.1, 0.15) is 5.82 Å². The molecule has 0 radical (unpaired) electrons. The van der Waals surface area contributed by atoms with E-state index in [1.54, 1.807) is 6.92 Å². The van der Waals surface area contributed by atoms with Crippen LogP contribution in [0.1, 0.15) is 13.3 Å². The Hall–Kier alpha value is -1.69. The van der Waals surface area contributed by atoms with Gasteiger partial charge in [0.05, 0.1) is 11.8 Å². The standard InChI is InChI=1S/C13H14FNO3S/c1-2-13(16)15(11-5-3-10(14)4-6-11)12-7-8-19(17,18)9-12/h3-8,12H,2,9H2,1H3/t12-/m0/s1. The maximum absolute atomic E-state index is 12.9. The second-order valence-electron chi connectivity index (χ2n) is 4.32. The van der Waals surface area contributed by atoms with E-state index in [0.717, 1.165) is 5.41 Å². The SMILES string of the molecule is CCC(=O)N(c1ccc(F)cc1)[C@H]1C=CS(=O)(=O)C1. The Bertz CT molecular complexity index is 607. The lowest BCUT2D eigenvalue weighted by atomic mass is 10.2. The van der Waals surface area contributed by atoms with Crippen molar-refractivity contribution in [1.29, 1.82) is 0 Å². The lowest BCUT2D eigenvalue weighted by Gasteiger charge is -2.27. The van der Waals surface area contributed by atoms with Gasteiger partial charge in [-0.15, -0.1) is 0 Å². The van der Waals surface area contributed by atoms with Gasteiger partial charge in [-0.05, 0) is 30.3 Å². The van der Waals surface area contributed by atoms with E-state index >= 15 is 0 Å². The molecule has 0 aliphatic carbocycles. The highest BCUT2D eigenvalue weighted by molar-refractivity contribution is 7.94. The number of benzene rings is 1. The second kappa shape index (κ2) is 5.13. The highest BCUT2D eigenvalue weighted by Crippen LogP contribution is 2.23. The van der Waals surface area contributed by atoms with Gasteiger partial charge in [-0.3, -0.25) is 4.79 Å². The van der Waals surface area contributed by atoms with Crippen molar-refractivity contribution in [2.75, 3.05) is 10.7 Å². The number of sulfone groups is 1. The lowest BCUT2D eigenvalue weighted by molar-refractivity contribution is -0.118. The van der Waals surface area contributed by atoms with E-state index in [9.17, 15) is 17.6 Å². The first-order chi connectivity index (χ1) is 8.93. The summed E-state index contributed by atoms with van der Waals surface area (Å²) < 4.78 is 35.8. The molecule has 1 aliphatic heterocycles. The molecule has 19 heavy (non-hydrogen) atoms. The molecule has 0 saturated heterocycles. The van der Waals surface area contributed by atoms with Crippen molar-refractivity contribution in [2.45, 2.75) is 19.4 Å². The summed E-state index contributed by atoms with van der Waals surface area (Å²) in [6.07, 6.45) is 1.74. The Labute approximate surface area is 111 Å². The highest BCUT2D eigenvalue weighted by Gasteiger charge is 2.30. The zero-order chi connectivity index (χ0) is 14.0. The molecule has 0 bridgehead atoms. The zero-order valence-electron chi connectivity index (χ0n) is 10.4. The fourth-order valence-corrected chi connectivity index (χ4v) is 3.28. The van der Waals surface area contributed by atoms with Gasteiger partial charge >= 0.3 is 0 Å². The number of nitrogens with zero attached hydrogens (tertiary/aromatic N) is 1. The van der Waals surface area contributed by atoms with Gasteiger partial charge in [-0.25, -0.2) is 12.8 Å². The molecule has 0 unspecified atom stereocenters. The predicted octanol–water partition coefficient (Wildman–Crippen LogP) is 1.88.